The fourth-order valence-electron chi connectivity index (χ4n) is 3.51. The minimum atomic E-state index is -0.486. The second-order valence-electron chi connectivity index (χ2n) is 6.79. The number of ether oxygens (including phenoxy) is 5. The standard InChI is InChI=1S/C25H28O8/c1-6-30-18-14-20(32-8-3)19(31-7-2)13-15(18)9-10-17(26)21-22(27)25(29-5)24-16(11-12-33-24)23(21)28-4/h9-14,27H,6-8H2,1-5H3. The summed E-state index contributed by atoms with van der Waals surface area (Å²) in [6, 6.07) is 5.13. The number of phenolic OH excluding ortho intramolecular Hbond substituents is 1. The number of phenols is 1. The summed E-state index contributed by atoms with van der Waals surface area (Å²) >= 11 is 0. The Bertz CT molecular complexity index is 1160. The molecule has 33 heavy (non-hydrogen) atoms. The number of carbonyl (C=O) groups excluding carboxylic acids is 1. The lowest BCUT2D eigenvalue weighted by Crippen LogP contribution is -2.03. The Hall–Kier alpha value is -3.81. The highest BCUT2D eigenvalue weighted by Gasteiger charge is 2.26. The van der Waals surface area contributed by atoms with E-state index in [0.717, 1.165) is 0 Å². The van der Waals surface area contributed by atoms with E-state index in [0.29, 0.717) is 53.6 Å². The molecule has 0 amide bonds. The minimum absolute atomic E-state index is 0.0339. The first kappa shape index (κ1) is 23.8. The zero-order chi connectivity index (χ0) is 24.0. The van der Waals surface area contributed by atoms with Crippen molar-refractivity contribution in [2.75, 3.05) is 34.0 Å². The van der Waals surface area contributed by atoms with Crippen LogP contribution in [0.2, 0.25) is 0 Å². The first-order valence-electron chi connectivity index (χ1n) is 10.6. The first-order valence-corrected chi connectivity index (χ1v) is 10.6. The van der Waals surface area contributed by atoms with Crippen molar-refractivity contribution in [2.24, 2.45) is 0 Å². The van der Waals surface area contributed by atoms with Crippen LogP contribution in [0.3, 0.4) is 0 Å². The molecule has 0 aliphatic rings. The van der Waals surface area contributed by atoms with E-state index < -0.39 is 5.78 Å². The van der Waals surface area contributed by atoms with Crippen molar-refractivity contribution in [3.63, 3.8) is 0 Å². The topological polar surface area (TPSA) is 96.6 Å². The van der Waals surface area contributed by atoms with Crippen LogP contribution in [0.5, 0.6) is 34.5 Å². The molecule has 1 aromatic heterocycles. The summed E-state index contributed by atoms with van der Waals surface area (Å²) in [5.74, 6) is 1.03. The van der Waals surface area contributed by atoms with Crippen molar-refractivity contribution < 1.29 is 38.0 Å². The van der Waals surface area contributed by atoms with E-state index in [1.54, 1.807) is 24.3 Å². The van der Waals surface area contributed by atoms with Crippen molar-refractivity contribution in [1.29, 1.82) is 0 Å². The second-order valence-corrected chi connectivity index (χ2v) is 6.79. The predicted molar refractivity (Wildman–Crippen MR) is 124 cm³/mol. The van der Waals surface area contributed by atoms with Gasteiger partial charge in [0.25, 0.3) is 0 Å². The number of furan rings is 1. The third kappa shape index (κ3) is 4.69. The molecule has 0 atom stereocenters. The maximum Gasteiger partial charge on any atom is 0.205 e. The van der Waals surface area contributed by atoms with Gasteiger partial charge in [-0.3, -0.25) is 4.79 Å². The maximum atomic E-state index is 13.2. The van der Waals surface area contributed by atoms with E-state index in [9.17, 15) is 9.90 Å². The molecule has 3 rings (SSSR count). The Morgan fingerprint density at radius 1 is 0.939 bits per heavy atom. The largest absolute Gasteiger partial charge is 0.504 e. The van der Waals surface area contributed by atoms with Gasteiger partial charge in [0.2, 0.25) is 5.75 Å². The monoisotopic (exact) mass is 456 g/mol. The molecule has 1 N–H and O–H groups in total. The molecule has 0 saturated carbocycles. The SMILES string of the molecule is CCOc1cc(OCC)c(OCC)cc1C=CC(=O)c1c(O)c(OC)c2occc2c1OC. The van der Waals surface area contributed by atoms with Gasteiger partial charge in [0, 0.05) is 11.6 Å². The van der Waals surface area contributed by atoms with Crippen molar-refractivity contribution in [1.82, 2.24) is 0 Å². The van der Waals surface area contributed by atoms with Crippen LogP contribution in [0.1, 0.15) is 36.7 Å². The van der Waals surface area contributed by atoms with Gasteiger partial charge in [-0.15, -0.1) is 0 Å². The summed E-state index contributed by atoms with van der Waals surface area (Å²) in [6.07, 6.45) is 4.36. The van der Waals surface area contributed by atoms with Gasteiger partial charge in [0.1, 0.15) is 17.1 Å². The Balaban J connectivity index is 2.08. The first-order chi connectivity index (χ1) is 16.0. The molecule has 0 aliphatic heterocycles. The van der Waals surface area contributed by atoms with E-state index in [-0.39, 0.29) is 22.8 Å². The quantitative estimate of drug-likeness (QED) is 0.309. The molecular weight excluding hydrogens is 428 g/mol. The number of aromatic hydroxyl groups is 1. The van der Waals surface area contributed by atoms with Crippen molar-refractivity contribution in [3.8, 4) is 34.5 Å². The Kier molecular flexibility index (Phi) is 7.71. The summed E-state index contributed by atoms with van der Waals surface area (Å²) in [5.41, 5.74) is 0.874. The summed E-state index contributed by atoms with van der Waals surface area (Å²) in [4.78, 5) is 13.2. The number of rotatable bonds is 11. The number of allylic oxidation sites excluding steroid dienone is 1. The molecule has 176 valence electrons. The highest BCUT2D eigenvalue weighted by Crippen LogP contribution is 2.46. The fraction of sp³-hybridized carbons (Fsp3) is 0.320. The molecule has 0 saturated heterocycles. The van der Waals surface area contributed by atoms with Gasteiger partial charge in [-0.25, -0.2) is 0 Å². The van der Waals surface area contributed by atoms with E-state index in [1.807, 2.05) is 20.8 Å². The second kappa shape index (κ2) is 10.7. The van der Waals surface area contributed by atoms with E-state index in [1.165, 1.54) is 26.6 Å². The number of ketones is 1. The average molecular weight is 456 g/mol. The average Bonchev–Trinajstić information content (AvgIpc) is 3.28. The molecule has 0 spiro atoms. The van der Waals surface area contributed by atoms with Crippen LogP contribution in [-0.4, -0.2) is 44.9 Å². The lowest BCUT2D eigenvalue weighted by molar-refractivity contribution is 0.104. The number of benzene rings is 2. The minimum Gasteiger partial charge on any atom is -0.504 e. The third-order valence-corrected chi connectivity index (χ3v) is 4.84. The molecule has 8 heteroatoms. The Morgan fingerprint density at radius 3 is 2.15 bits per heavy atom. The molecular formula is C25H28O8. The molecule has 1 heterocycles. The molecule has 0 unspecified atom stereocenters. The third-order valence-electron chi connectivity index (χ3n) is 4.84. The molecule has 0 bridgehead atoms. The zero-order valence-electron chi connectivity index (χ0n) is 19.4. The Labute approximate surface area is 192 Å². The van der Waals surface area contributed by atoms with E-state index in [2.05, 4.69) is 0 Å². The van der Waals surface area contributed by atoms with E-state index >= 15 is 0 Å². The lowest BCUT2D eigenvalue weighted by Gasteiger charge is -2.15. The maximum absolute atomic E-state index is 13.2. The zero-order valence-corrected chi connectivity index (χ0v) is 19.4. The van der Waals surface area contributed by atoms with Gasteiger partial charge in [-0.05, 0) is 45.1 Å². The summed E-state index contributed by atoms with van der Waals surface area (Å²) in [6.45, 7) is 6.97. The van der Waals surface area contributed by atoms with Crippen LogP contribution < -0.4 is 23.7 Å². The predicted octanol–water partition coefficient (Wildman–Crippen LogP) is 5.25. The summed E-state index contributed by atoms with van der Waals surface area (Å²) < 4.78 is 33.2. The van der Waals surface area contributed by atoms with Gasteiger partial charge in [-0.1, -0.05) is 0 Å². The van der Waals surface area contributed by atoms with Crippen LogP contribution in [0.25, 0.3) is 17.0 Å². The highest BCUT2D eigenvalue weighted by molar-refractivity contribution is 6.15. The molecule has 0 aliphatic carbocycles. The highest BCUT2D eigenvalue weighted by atomic mass is 16.5. The molecule has 8 nitrogen and oxygen atoms in total. The van der Waals surface area contributed by atoms with Crippen molar-refractivity contribution in [3.05, 3.63) is 41.7 Å². The normalized spacial score (nSPS) is 11.1. The number of methoxy groups -OCH3 is 2. The number of carbonyl (C=O) groups is 1. The van der Waals surface area contributed by atoms with E-state index in [4.69, 9.17) is 28.1 Å². The number of hydrogen-bond donors (Lipinski definition) is 1. The van der Waals surface area contributed by atoms with Crippen LogP contribution >= 0.6 is 0 Å². The van der Waals surface area contributed by atoms with Crippen LogP contribution in [0, 0.1) is 0 Å². The lowest BCUT2D eigenvalue weighted by atomic mass is 10.0. The molecule has 3 aromatic rings. The van der Waals surface area contributed by atoms with Gasteiger partial charge < -0.3 is 33.2 Å². The number of fused-ring (bicyclic) bond motifs is 1. The summed E-state index contributed by atoms with van der Waals surface area (Å²) in [5, 5.41) is 11.3. The van der Waals surface area contributed by atoms with Gasteiger partial charge in [-0.2, -0.15) is 0 Å². The van der Waals surface area contributed by atoms with Gasteiger partial charge >= 0.3 is 0 Å². The van der Waals surface area contributed by atoms with Crippen molar-refractivity contribution >= 4 is 22.8 Å². The van der Waals surface area contributed by atoms with Crippen LogP contribution in [0.4, 0.5) is 0 Å². The van der Waals surface area contributed by atoms with Gasteiger partial charge in [0.05, 0.1) is 45.7 Å². The van der Waals surface area contributed by atoms with Crippen LogP contribution in [-0.2, 0) is 0 Å². The molecule has 2 aromatic carbocycles. The number of hydrogen-bond acceptors (Lipinski definition) is 8. The molecule has 0 radical (unpaired) electrons. The van der Waals surface area contributed by atoms with Crippen molar-refractivity contribution in [2.45, 2.75) is 20.8 Å². The van der Waals surface area contributed by atoms with Gasteiger partial charge in [0.15, 0.2) is 28.6 Å². The Morgan fingerprint density at radius 2 is 1.55 bits per heavy atom. The summed E-state index contributed by atoms with van der Waals surface area (Å²) in [7, 11) is 2.80. The van der Waals surface area contributed by atoms with Crippen LogP contribution in [0.15, 0.2) is 35.0 Å². The smallest absolute Gasteiger partial charge is 0.205 e. The fourth-order valence-corrected chi connectivity index (χ4v) is 3.51. The molecule has 0 fully saturated rings.